The number of aryl methyl sites for hydroxylation is 1. The Hall–Kier alpha value is -2.72. The maximum absolute atomic E-state index is 12.4. The van der Waals surface area contributed by atoms with Crippen molar-refractivity contribution in [3.05, 3.63) is 35.6 Å². The lowest BCUT2D eigenvalue weighted by Crippen LogP contribution is -2.48. The Balaban J connectivity index is 1.15. The normalized spacial score (nSPS) is 16.0. The molecule has 160 valence electrons. The van der Waals surface area contributed by atoms with Crippen molar-refractivity contribution in [2.24, 2.45) is 0 Å². The second-order valence-corrected chi connectivity index (χ2v) is 8.19. The molecule has 0 bridgehead atoms. The third-order valence-corrected chi connectivity index (χ3v) is 5.84. The number of aromatic nitrogens is 1. The largest absolute Gasteiger partial charge is 0.454 e. The average molecular weight is 433 g/mol. The van der Waals surface area contributed by atoms with E-state index in [4.69, 9.17) is 14.0 Å². The molecule has 0 unspecified atom stereocenters. The summed E-state index contributed by atoms with van der Waals surface area (Å²) in [5, 5.41) is 6.36. The van der Waals surface area contributed by atoms with Gasteiger partial charge >= 0.3 is 0 Å². The molecule has 0 spiro atoms. The standard InChI is InChI=1S/C20H24N4O5S/c1-14-8-18(22-29-14)21-19(25)11-30-12-20(26)24-6-4-23(5-7-24)10-15-2-3-16-17(9-15)28-13-27-16/h2-3,8-9H,4-7,10-13H2,1H3,(H,21,22,25). The zero-order chi connectivity index (χ0) is 20.9. The molecule has 4 rings (SSSR count). The minimum atomic E-state index is -0.199. The summed E-state index contributed by atoms with van der Waals surface area (Å²) in [6.07, 6.45) is 0. The summed E-state index contributed by atoms with van der Waals surface area (Å²) in [7, 11) is 0. The number of nitrogens with zero attached hydrogens (tertiary/aromatic N) is 3. The molecule has 1 aromatic carbocycles. The van der Waals surface area contributed by atoms with Gasteiger partial charge in [-0.25, -0.2) is 0 Å². The lowest BCUT2D eigenvalue weighted by Gasteiger charge is -2.34. The van der Waals surface area contributed by atoms with E-state index in [1.807, 2.05) is 23.1 Å². The van der Waals surface area contributed by atoms with E-state index >= 15 is 0 Å². The van der Waals surface area contributed by atoms with Crippen LogP contribution in [0.1, 0.15) is 11.3 Å². The highest BCUT2D eigenvalue weighted by Gasteiger charge is 2.22. The van der Waals surface area contributed by atoms with Crippen LogP contribution in [0.15, 0.2) is 28.8 Å². The Morgan fingerprint density at radius 3 is 2.67 bits per heavy atom. The number of fused-ring (bicyclic) bond motifs is 1. The molecule has 2 amide bonds. The van der Waals surface area contributed by atoms with Crippen molar-refractivity contribution in [1.29, 1.82) is 0 Å². The average Bonchev–Trinajstić information content (AvgIpc) is 3.36. The Morgan fingerprint density at radius 2 is 1.90 bits per heavy atom. The molecule has 3 heterocycles. The number of nitrogens with one attached hydrogen (secondary N) is 1. The van der Waals surface area contributed by atoms with Gasteiger partial charge in [-0.05, 0) is 24.6 Å². The van der Waals surface area contributed by atoms with Gasteiger partial charge in [0.1, 0.15) is 5.76 Å². The van der Waals surface area contributed by atoms with E-state index in [-0.39, 0.29) is 30.1 Å². The van der Waals surface area contributed by atoms with Gasteiger partial charge in [-0.3, -0.25) is 14.5 Å². The van der Waals surface area contributed by atoms with Gasteiger partial charge in [0.15, 0.2) is 17.3 Å². The Kier molecular flexibility index (Phi) is 6.44. The summed E-state index contributed by atoms with van der Waals surface area (Å²) in [6, 6.07) is 7.65. The number of benzene rings is 1. The molecule has 0 radical (unpaired) electrons. The van der Waals surface area contributed by atoms with Crippen molar-refractivity contribution in [3.8, 4) is 11.5 Å². The van der Waals surface area contributed by atoms with Gasteiger partial charge < -0.3 is 24.2 Å². The van der Waals surface area contributed by atoms with E-state index < -0.39 is 0 Å². The lowest BCUT2D eigenvalue weighted by molar-refractivity contribution is -0.130. The van der Waals surface area contributed by atoms with E-state index in [0.717, 1.165) is 31.1 Å². The van der Waals surface area contributed by atoms with Crippen LogP contribution in [0.2, 0.25) is 0 Å². The van der Waals surface area contributed by atoms with Gasteiger partial charge in [0.2, 0.25) is 18.6 Å². The molecule has 1 N–H and O–H groups in total. The highest BCUT2D eigenvalue weighted by atomic mass is 32.2. The number of piperazine rings is 1. The summed E-state index contributed by atoms with van der Waals surface area (Å²) in [5.41, 5.74) is 1.17. The molecule has 2 aromatic rings. The summed E-state index contributed by atoms with van der Waals surface area (Å²) in [6.45, 7) is 5.86. The molecule has 1 aromatic heterocycles. The Bertz CT molecular complexity index is 910. The summed E-state index contributed by atoms with van der Waals surface area (Å²) >= 11 is 1.30. The maximum Gasteiger partial charge on any atom is 0.235 e. The second-order valence-electron chi connectivity index (χ2n) is 7.21. The van der Waals surface area contributed by atoms with Crippen LogP contribution < -0.4 is 14.8 Å². The van der Waals surface area contributed by atoms with Crippen molar-refractivity contribution in [3.63, 3.8) is 0 Å². The number of rotatable bonds is 7. The minimum Gasteiger partial charge on any atom is -0.454 e. The first kappa shape index (κ1) is 20.5. The summed E-state index contributed by atoms with van der Waals surface area (Å²) in [5.74, 6) is 2.95. The van der Waals surface area contributed by atoms with Crippen LogP contribution in [0.4, 0.5) is 5.82 Å². The number of amides is 2. The van der Waals surface area contributed by atoms with Gasteiger partial charge in [-0.1, -0.05) is 11.2 Å². The van der Waals surface area contributed by atoms with Crippen molar-refractivity contribution < 1.29 is 23.6 Å². The molecule has 2 aliphatic heterocycles. The quantitative estimate of drug-likeness (QED) is 0.707. The predicted octanol–water partition coefficient (Wildman–Crippen LogP) is 1.73. The van der Waals surface area contributed by atoms with Crippen molar-refractivity contribution in [2.75, 3.05) is 49.8 Å². The topological polar surface area (TPSA) is 97.1 Å². The number of hydrogen-bond donors (Lipinski definition) is 1. The van der Waals surface area contributed by atoms with Crippen molar-refractivity contribution in [1.82, 2.24) is 15.0 Å². The first-order valence-electron chi connectivity index (χ1n) is 9.76. The minimum absolute atomic E-state index is 0.0628. The van der Waals surface area contributed by atoms with Crippen molar-refractivity contribution in [2.45, 2.75) is 13.5 Å². The van der Waals surface area contributed by atoms with Gasteiger partial charge in [-0.15, -0.1) is 11.8 Å². The molecular weight excluding hydrogens is 408 g/mol. The number of carbonyl (C=O) groups is 2. The number of anilines is 1. The highest BCUT2D eigenvalue weighted by Crippen LogP contribution is 2.32. The molecule has 10 heteroatoms. The SMILES string of the molecule is Cc1cc(NC(=O)CSCC(=O)N2CCN(Cc3ccc4c(c3)OCO4)CC2)no1. The van der Waals surface area contributed by atoms with E-state index in [2.05, 4.69) is 15.4 Å². The molecule has 2 aliphatic rings. The van der Waals surface area contributed by atoms with Crippen LogP contribution in [0.3, 0.4) is 0 Å². The highest BCUT2D eigenvalue weighted by molar-refractivity contribution is 8.00. The Labute approximate surface area is 178 Å². The van der Waals surface area contributed by atoms with E-state index in [1.54, 1.807) is 13.0 Å². The van der Waals surface area contributed by atoms with E-state index in [9.17, 15) is 9.59 Å². The molecule has 0 atom stereocenters. The Morgan fingerprint density at radius 1 is 1.10 bits per heavy atom. The molecule has 0 aliphatic carbocycles. The zero-order valence-corrected chi connectivity index (χ0v) is 17.6. The molecular formula is C20H24N4O5S. The van der Waals surface area contributed by atoms with Gasteiger partial charge in [-0.2, -0.15) is 0 Å². The molecule has 9 nitrogen and oxygen atoms in total. The zero-order valence-electron chi connectivity index (χ0n) is 16.8. The molecule has 0 saturated carbocycles. The van der Waals surface area contributed by atoms with E-state index in [0.29, 0.717) is 24.7 Å². The van der Waals surface area contributed by atoms with Gasteiger partial charge in [0, 0.05) is 38.8 Å². The summed E-state index contributed by atoms with van der Waals surface area (Å²) < 4.78 is 15.7. The lowest BCUT2D eigenvalue weighted by atomic mass is 10.1. The van der Waals surface area contributed by atoms with Gasteiger partial charge in [0.05, 0.1) is 11.5 Å². The second kappa shape index (κ2) is 9.40. The fourth-order valence-corrected chi connectivity index (χ4v) is 4.10. The van der Waals surface area contributed by atoms with Crippen LogP contribution in [0, 0.1) is 6.92 Å². The third-order valence-electron chi connectivity index (χ3n) is 4.92. The molecule has 1 fully saturated rings. The fraction of sp³-hybridized carbons (Fsp3) is 0.450. The first-order chi connectivity index (χ1) is 14.6. The monoisotopic (exact) mass is 432 g/mol. The van der Waals surface area contributed by atoms with Crippen molar-refractivity contribution >= 4 is 29.4 Å². The predicted molar refractivity (Wildman–Crippen MR) is 112 cm³/mol. The summed E-state index contributed by atoms with van der Waals surface area (Å²) in [4.78, 5) is 28.5. The number of carbonyl (C=O) groups excluding carboxylic acids is 2. The van der Waals surface area contributed by atoms with Crippen LogP contribution in [0.25, 0.3) is 0 Å². The van der Waals surface area contributed by atoms with E-state index in [1.165, 1.54) is 17.3 Å². The van der Waals surface area contributed by atoms with Crippen LogP contribution in [0.5, 0.6) is 11.5 Å². The maximum atomic E-state index is 12.4. The molecule has 30 heavy (non-hydrogen) atoms. The molecule has 1 saturated heterocycles. The third kappa shape index (κ3) is 5.25. The number of hydrogen-bond acceptors (Lipinski definition) is 8. The number of ether oxygens (including phenoxy) is 2. The van der Waals surface area contributed by atoms with Gasteiger partial charge in [0.25, 0.3) is 0 Å². The number of thioether (sulfide) groups is 1. The smallest absolute Gasteiger partial charge is 0.235 e. The first-order valence-corrected chi connectivity index (χ1v) is 10.9. The fourth-order valence-electron chi connectivity index (χ4n) is 3.38. The van der Waals surface area contributed by atoms with Crippen LogP contribution in [-0.4, -0.2) is 71.2 Å². The van der Waals surface area contributed by atoms with Crippen LogP contribution >= 0.6 is 11.8 Å². The van der Waals surface area contributed by atoms with Crippen LogP contribution in [-0.2, 0) is 16.1 Å².